The molecule has 0 aliphatic rings. The van der Waals surface area contributed by atoms with Crippen molar-refractivity contribution in [1.82, 2.24) is 4.90 Å². The molecule has 0 spiro atoms. The van der Waals surface area contributed by atoms with Gasteiger partial charge in [-0.1, -0.05) is 220 Å². The summed E-state index contributed by atoms with van der Waals surface area (Å²) in [6, 6.07) is 0. The van der Waals surface area contributed by atoms with Gasteiger partial charge in [-0.25, -0.2) is 0 Å². The normalized spacial score (nSPS) is 12.1. The number of nitrogens with zero attached hydrogens (tertiary/aromatic N) is 1. The van der Waals surface area contributed by atoms with Crippen molar-refractivity contribution in [2.45, 2.75) is 246 Å². The van der Waals surface area contributed by atoms with Crippen LogP contribution in [0.4, 0.5) is 0 Å². The molecule has 2 N–H and O–H groups in total. The number of hydrogen-bond acceptors (Lipinski definition) is 2. The molecule has 0 saturated heterocycles. The maximum absolute atomic E-state index is 6.79. The van der Waals surface area contributed by atoms with Crippen molar-refractivity contribution in [3.8, 4) is 0 Å². The van der Waals surface area contributed by atoms with Gasteiger partial charge in [-0.15, -0.1) is 0 Å². The quantitative estimate of drug-likeness (QED) is 0.0682. The minimum absolute atomic E-state index is 0.338. The van der Waals surface area contributed by atoms with E-state index in [0.29, 0.717) is 5.41 Å². The van der Waals surface area contributed by atoms with Gasteiger partial charge in [-0.05, 0) is 50.7 Å². The standard InChI is InChI=1S/C43H90N2/c1-5-9-13-17-21-25-29-33-37-43(41-44,38-34-30-26-22-18-14-10-6-2)42-45(39-35-31-27-23-19-15-11-7-3)40-36-32-28-24-20-16-12-8-4/h5-42,44H2,1-4H3. The maximum Gasteiger partial charge on any atom is 0.00501 e. The SMILES string of the molecule is CCCCCCCCCCN(CCCCCCCCCC)CC(CN)(CCCCCCCCCC)CCCCCCCCCC. The third-order valence-electron chi connectivity index (χ3n) is 10.8. The Morgan fingerprint density at radius 1 is 0.333 bits per heavy atom. The van der Waals surface area contributed by atoms with Crippen molar-refractivity contribution >= 4 is 0 Å². The summed E-state index contributed by atoms with van der Waals surface area (Å²) in [7, 11) is 0. The van der Waals surface area contributed by atoms with Gasteiger partial charge in [-0.3, -0.25) is 0 Å². The van der Waals surface area contributed by atoms with Gasteiger partial charge in [0.15, 0.2) is 0 Å². The molecule has 0 aliphatic carbocycles. The highest BCUT2D eigenvalue weighted by atomic mass is 15.1. The molecule has 0 aliphatic heterocycles. The zero-order chi connectivity index (χ0) is 32.9. The van der Waals surface area contributed by atoms with Crippen molar-refractivity contribution < 1.29 is 0 Å². The third kappa shape index (κ3) is 31.0. The molecular formula is C43H90N2. The van der Waals surface area contributed by atoms with E-state index in [-0.39, 0.29) is 0 Å². The first-order valence-corrected chi connectivity index (χ1v) is 21.6. The van der Waals surface area contributed by atoms with E-state index < -0.39 is 0 Å². The van der Waals surface area contributed by atoms with Gasteiger partial charge in [0.2, 0.25) is 0 Å². The van der Waals surface area contributed by atoms with E-state index in [4.69, 9.17) is 5.73 Å². The number of nitrogens with two attached hydrogens (primary N) is 1. The fourth-order valence-corrected chi connectivity index (χ4v) is 7.50. The van der Waals surface area contributed by atoms with Crippen LogP contribution in [0.15, 0.2) is 0 Å². The van der Waals surface area contributed by atoms with E-state index >= 15 is 0 Å². The fraction of sp³-hybridized carbons (Fsp3) is 1.00. The first kappa shape index (κ1) is 44.9. The highest BCUT2D eigenvalue weighted by Gasteiger charge is 2.30. The predicted molar refractivity (Wildman–Crippen MR) is 208 cm³/mol. The molecule has 0 radical (unpaired) electrons. The van der Waals surface area contributed by atoms with Crippen LogP contribution in [0.2, 0.25) is 0 Å². The Morgan fingerprint density at radius 2 is 0.578 bits per heavy atom. The van der Waals surface area contributed by atoms with Crippen molar-refractivity contribution in [3.63, 3.8) is 0 Å². The highest BCUT2D eigenvalue weighted by molar-refractivity contribution is 4.85. The zero-order valence-electron chi connectivity index (χ0n) is 32.4. The van der Waals surface area contributed by atoms with E-state index in [2.05, 4.69) is 32.6 Å². The maximum atomic E-state index is 6.79. The summed E-state index contributed by atoms with van der Waals surface area (Å²) in [5.41, 5.74) is 7.13. The van der Waals surface area contributed by atoms with Crippen LogP contribution in [0.25, 0.3) is 0 Å². The Hall–Kier alpha value is -0.0800. The van der Waals surface area contributed by atoms with Crippen LogP contribution in [0.1, 0.15) is 246 Å². The molecule has 2 heteroatoms. The second-order valence-electron chi connectivity index (χ2n) is 15.4. The van der Waals surface area contributed by atoms with E-state index in [9.17, 15) is 0 Å². The average molecular weight is 635 g/mol. The van der Waals surface area contributed by atoms with Crippen LogP contribution < -0.4 is 5.73 Å². The molecule has 0 aromatic rings. The molecule has 2 nitrogen and oxygen atoms in total. The summed E-state index contributed by atoms with van der Waals surface area (Å²) in [4.78, 5) is 2.91. The summed E-state index contributed by atoms with van der Waals surface area (Å²) >= 11 is 0. The molecule has 0 saturated carbocycles. The van der Waals surface area contributed by atoms with Crippen LogP contribution in [0.5, 0.6) is 0 Å². The molecule has 0 aromatic heterocycles. The fourth-order valence-electron chi connectivity index (χ4n) is 7.50. The van der Waals surface area contributed by atoms with Gasteiger partial charge >= 0.3 is 0 Å². The van der Waals surface area contributed by atoms with Crippen LogP contribution in [-0.4, -0.2) is 31.1 Å². The minimum atomic E-state index is 0.338. The summed E-state index contributed by atoms with van der Waals surface area (Å²) in [6.07, 6.45) is 48.1. The monoisotopic (exact) mass is 635 g/mol. The van der Waals surface area contributed by atoms with Crippen LogP contribution >= 0.6 is 0 Å². The summed E-state index contributed by atoms with van der Waals surface area (Å²) in [5, 5.41) is 0. The van der Waals surface area contributed by atoms with Crippen LogP contribution in [0.3, 0.4) is 0 Å². The predicted octanol–water partition coefficient (Wildman–Crippen LogP) is 14.6. The van der Waals surface area contributed by atoms with Crippen molar-refractivity contribution in [2.24, 2.45) is 11.1 Å². The van der Waals surface area contributed by atoms with Gasteiger partial charge < -0.3 is 10.6 Å². The molecule has 0 heterocycles. The van der Waals surface area contributed by atoms with Gasteiger partial charge in [0.25, 0.3) is 0 Å². The Balaban J connectivity index is 5.03. The number of hydrogen-bond donors (Lipinski definition) is 1. The largest absolute Gasteiger partial charge is 0.330 e. The smallest absolute Gasteiger partial charge is 0.00501 e. The van der Waals surface area contributed by atoms with Gasteiger partial charge in [0.05, 0.1) is 0 Å². The van der Waals surface area contributed by atoms with Crippen LogP contribution in [-0.2, 0) is 0 Å². The second kappa shape index (κ2) is 36.8. The molecule has 45 heavy (non-hydrogen) atoms. The topological polar surface area (TPSA) is 29.3 Å². The van der Waals surface area contributed by atoms with Gasteiger partial charge in [-0.2, -0.15) is 0 Å². The van der Waals surface area contributed by atoms with E-state index in [1.165, 1.54) is 238 Å². The van der Waals surface area contributed by atoms with E-state index in [0.717, 1.165) is 6.54 Å². The number of unbranched alkanes of at least 4 members (excludes halogenated alkanes) is 28. The van der Waals surface area contributed by atoms with Crippen molar-refractivity contribution in [3.05, 3.63) is 0 Å². The molecular weight excluding hydrogens is 544 g/mol. The lowest BCUT2D eigenvalue weighted by Crippen LogP contribution is -2.43. The second-order valence-corrected chi connectivity index (χ2v) is 15.4. The van der Waals surface area contributed by atoms with Crippen molar-refractivity contribution in [2.75, 3.05) is 26.2 Å². The summed E-state index contributed by atoms with van der Waals surface area (Å²) in [6.45, 7) is 14.1. The molecule has 0 unspecified atom stereocenters. The lowest BCUT2D eigenvalue weighted by molar-refractivity contribution is 0.123. The Bertz CT molecular complexity index is 492. The average Bonchev–Trinajstić information content (AvgIpc) is 3.05. The Labute approximate surface area is 287 Å². The zero-order valence-corrected chi connectivity index (χ0v) is 32.4. The molecule has 0 amide bonds. The highest BCUT2D eigenvalue weighted by Crippen LogP contribution is 2.33. The van der Waals surface area contributed by atoms with Crippen LogP contribution in [0, 0.1) is 5.41 Å². The van der Waals surface area contributed by atoms with Gasteiger partial charge in [0, 0.05) is 6.54 Å². The first-order chi connectivity index (χ1) is 22.2. The molecule has 0 rings (SSSR count). The van der Waals surface area contributed by atoms with Crippen molar-refractivity contribution in [1.29, 1.82) is 0 Å². The van der Waals surface area contributed by atoms with E-state index in [1.54, 1.807) is 0 Å². The Kier molecular flexibility index (Phi) is 36.7. The minimum Gasteiger partial charge on any atom is -0.330 e. The van der Waals surface area contributed by atoms with Gasteiger partial charge in [0.1, 0.15) is 0 Å². The lowest BCUT2D eigenvalue weighted by Gasteiger charge is -2.38. The molecule has 0 atom stereocenters. The first-order valence-electron chi connectivity index (χ1n) is 21.6. The molecule has 272 valence electrons. The number of rotatable bonds is 39. The molecule has 0 fully saturated rings. The summed E-state index contributed by atoms with van der Waals surface area (Å²) in [5.74, 6) is 0. The molecule has 0 bridgehead atoms. The van der Waals surface area contributed by atoms with E-state index in [1.807, 2.05) is 0 Å². The third-order valence-corrected chi connectivity index (χ3v) is 10.8. The lowest BCUT2D eigenvalue weighted by atomic mass is 9.77. The Morgan fingerprint density at radius 3 is 0.844 bits per heavy atom. The molecule has 0 aromatic carbocycles. The summed E-state index contributed by atoms with van der Waals surface area (Å²) < 4.78 is 0.